The highest BCUT2D eigenvalue weighted by atomic mass is 79.9. The molecule has 0 N–H and O–H groups in total. The first-order chi connectivity index (χ1) is 20.3. The predicted molar refractivity (Wildman–Crippen MR) is 179 cm³/mol. The summed E-state index contributed by atoms with van der Waals surface area (Å²) in [7, 11) is -1.98. The predicted octanol–water partition coefficient (Wildman–Crippen LogP) is 9.82. The Hall–Kier alpha value is -2.22. The Balaban J connectivity index is 1.66. The van der Waals surface area contributed by atoms with E-state index in [0.717, 1.165) is 63.7 Å². The largest absolute Gasteiger partial charge is 0.489 e. The number of carbonyl (C=O) groups is 2. The van der Waals surface area contributed by atoms with Gasteiger partial charge in [0.1, 0.15) is 12.4 Å². The second-order valence-electron chi connectivity index (χ2n) is 13.7. The van der Waals surface area contributed by atoms with Gasteiger partial charge in [-0.1, -0.05) is 93.2 Å². The number of hydrogen-bond acceptors (Lipinski definition) is 5. The van der Waals surface area contributed by atoms with Crippen molar-refractivity contribution in [2.24, 2.45) is 5.92 Å². The van der Waals surface area contributed by atoms with Gasteiger partial charge in [-0.15, -0.1) is 0 Å². The van der Waals surface area contributed by atoms with Crippen molar-refractivity contribution in [3.8, 4) is 5.75 Å². The van der Waals surface area contributed by atoms with Gasteiger partial charge in [-0.05, 0) is 78.6 Å². The smallest absolute Gasteiger partial charge is 0.303 e. The van der Waals surface area contributed by atoms with Crippen LogP contribution in [0.1, 0.15) is 102 Å². The van der Waals surface area contributed by atoms with Crippen molar-refractivity contribution in [3.63, 3.8) is 0 Å². The van der Waals surface area contributed by atoms with Crippen LogP contribution in [0.3, 0.4) is 0 Å². The molecule has 2 aromatic carbocycles. The van der Waals surface area contributed by atoms with E-state index in [9.17, 15) is 9.59 Å². The second-order valence-corrected chi connectivity index (χ2v) is 19.3. The molecule has 5 nitrogen and oxygen atoms in total. The first-order valence-electron chi connectivity index (χ1n) is 15.9. The Morgan fingerprint density at radius 3 is 2.42 bits per heavy atom. The maximum absolute atomic E-state index is 13.6. The third-order valence-corrected chi connectivity index (χ3v) is 14.7. The number of ether oxygens (including phenoxy) is 2. The van der Waals surface area contributed by atoms with Crippen LogP contribution >= 0.6 is 15.9 Å². The average molecular weight is 670 g/mol. The minimum atomic E-state index is -1.98. The van der Waals surface area contributed by atoms with Gasteiger partial charge in [0.2, 0.25) is 0 Å². The first-order valence-corrected chi connectivity index (χ1v) is 19.6. The van der Waals surface area contributed by atoms with E-state index in [1.807, 2.05) is 42.5 Å². The van der Waals surface area contributed by atoms with Crippen LogP contribution in [0.25, 0.3) is 0 Å². The Kier molecular flexibility index (Phi) is 11.2. The van der Waals surface area contributed by atoms with Gasteiger partial charge in [-0.2, -0.15) is 0 Å². The number of rotatable bonds is 13. The number of ketones is 1. The van der Waals surface area contributed by atoms with E-state index in [1.54, 1.807) is 0 Å². The molecule has 4 rings (SSSR count). The zero-order valence-corrected chi connectivity index (χ0v) is 29.6. The molecule has 43 heavy (non-hydrogen) atoms. The zero-order chi connectivity index (χ0) is 31.4. The summed E-state index contributed by atoms with van der Waals surface area (Å²) in [6, 6.07) is 14.0. The summed E-state index contributed by atoms with van der Waals surface area (Å²) in [5, 5.41) is 0.117. The number of allylic oxidation sites excluding steroid dienone is 1. The van der Waals surface area contributed by atoms with Gasteiger partial charge in [0.25, 0.3) is 0 Å². The molecule has 0 fully saturated rings. The lowest BCUT2D eigenvalue weighted by Crippen LogP contribution is -2.44. The molecule has 0 radical (unpaired) electrons. The van der Waals surface area contributed by atoms with Crippen LogP contribution in [-0.4, -0.2) is 26.2 Å². The van der Waals surface area contributed by atoms with Gasteiger partial charge in [0, 0.05) is 35.0 Å². The third-order valence-electron chi connectivity index (χ3n) is 9.45. The Morgan fingerprint density at radius 2 is 1.77 bits per heavy atom. The van der Waals surface area contributed by atoms with Gasteiger partial charge >= 0.3 is 5.97 Å². The number of fused-ring (bicyclic) bond motifs is 2. The highest BCUT2D eigenvalue weighted by Crippen LogP contribution is 2.52. The van der Waals surface area contributed by atoms with Crippen LogP contribution < -0.4 is 4.74 Å². The third kappa shape index (κ3) is 8.09. The van der Waals surface area contributed by atoms with Crippen molar-refractivity contribution in [2.75, 3.05) is 0 Å². The summed E-state index contributed by atoms with van der Waals surface area (Å²) in [4.78, 5) is 26.1. The van der Waals surface area contributed by atoms with E-state index in [4.69, 9.17) is 13.9 Å². The van der Waals surface area contributed by atoms with Crippen LogP contribution in [-0.2, 0) is 31.8 Å². The molecule has 2 unspecified atom stereocenters. The molecule has 0 bridgehead atoms. The minimum Gasteiger partial charge on any atom is -0.489 e. The van der Waals surface area contributed by atoms with E-state index in [0.29, 0.717) is 25.9 Å². The summed E-state index contributed by atoms with van der Waals surface area (Å²) >= 11 is 3.75. The number of carbonyl (C=O) groups excluding carboxylic acids is 2. The van der Waals surface area contributed by atoms with Crippen molar-refractivity contribution < 1.29 is 23.5 Å². The Labute approximate surface area is 268 Å². The van der Waals surface area contributed by atoms with E-state index in [-0.39, 0.29) is 28.8 Å². The fraction of sp³-hybridized carbons (Fsp3) is 0.556. The summed E-state index contributed by atoms with van der Waals surface area (Å²) in [5.74, 6) is 0.585. The molecule has 0 spiro atoms. The van der Waals surface area contributed by atoms with Crippen LogP contribution in [0.5, 0.6) is 5.75 Å². The van der Waals surface area contributed by atoms with Crippen molar-refractivity contribution in [1.29, 1.82) is 0 Å². The molecule has 234 valence electrons. The molecule has 0 saturated carbocycles. The number of hydrogen-bond donors (Lipinski definition) is 0. The molecule has 0 saturated heterocycles. The van der Waals surface area contributed by atoms with Gasteiger partial charge < -0.3 is 13.9 Å². The Bertz CT molecular complexity index is 1330. The van der Waals surface area contributed by atoms with Gasteiger partial charge in [-0.3, -0.25) is 9.59 Å². The monoisotopic (exact) mass is 668 g/mol. The fourth-order valence-electron chi connectivity index (χ4n) is 6.16. The van der Waals surface area contributed by atoms with Crippen LogP contribution in [0.4, 0.5) is 0 Å². The standard InChI is InChI=1S/C36H49BrO5Si/c1-8-9-11-16-27(42-43(6,7)36(3,4)5)17-18-28-31(39)22-26-21-29-32(40-23-25-14-12-10-13-15-25)20-19-30(37)34(29)35(33(26)28)41-24(2)38/h10,12-15,19-20,26-27,35H,8-9,11,16-18,21-23H2,1-7H3/t26?,27-,35?/m0/s1. The molecule has 0 aliphatic heterocycles. The lowest BCUT2D eigenvalue weighted by molar-refractivity contribution is -0.145. The summed E-state index contributed by atoms with van der Waals surface area (Å²) in [5.41, 5.74) is 4.81. The highest BCUT2D eigenvalue weighted by Gasteiger charge is 2.45. The van der Waals surface area contributed by atoms with Crippen molar-refractivity contribution in [3.05, 3.63) is 74.8 Å². The molecular weight excluding hydrogens is 620 g/mol. The maximum atomic E-state index is 13.6. The Morgan fingerprint density at radius 1 is 1.05 bits per heavy atom. The number of Topliss-reactive ketones (excluding diaryl/α,β-unsaturated/α-hetero) is 1. The zero-order valence-electron chi connectivity index (χ0n) is 27.1. The summed E-state index contributed by atoms with van der Waals surface area (Å²) < 4.78 is 20.2. The molecule has 7 heteroatoms. The lowest BCUT2D eigenvalue weighted by atomic mass is 9.78. The number of benzene rings is 2. The van der Waals surface area contributed by atoms with E-state index in [1.165, 1.54) is 13.3 Å². The average Bonchev–Trinajstić information content (AvgIpc) is 3.25. The van der Waals surface area contributed by atoms with Crippen LogP contribution in [0, 0.1) is 5.92 Å². The highest BCUT2D eigenvalue weighted by molar-refractivity contribution is 9.10. The minimum absolute atomic E-state index is 0.00687. The molecule has 0 aromatic heterocycles. The van der Waals surface area contributed by atoms with Gasteiger partial charge in [-0.25, -0.2) is 0 Å². The quantitative estimate of drug-likeness (QED) is 0.121. The molecule has 0 heterocycles. The van der Waals surface area contributed by atoms with Gasteiger partial charge in [0.05, 0.1) is 0 Å². The fourth-order valence-corrected chi connectivity index (χ4v) is 8.16. The maximum Gasteiger partial charge on any atom is 0.303 e. The van der Waals surface area contributed by atoms with E-state index < -0.39 is 14.4 Å². The molecule has 2 aromatic rings. The molecule has 3 atom stereocenters. The van der Waals surface area contributed by atoms with Crippen molar-refractivity contribution in [2.45, 2.75) is 123 Å². The van der Waals surface area contributed by atoms with Crippen LogP contribution in [0.2, 0.25) is 18.1 Å². The summed E-state index contributed by atoms with van der Waals surface area (Å²) in [6.45, 7) is 15.5. The normalized spacial score (nSPS) is 19.2. The van der Waals surface area contributed by atoms with Crippen molar-refractivity contribution in [1.82, 2.24) is 0 Å². The topological polar surface area (TPSA) is 61.8 Å². The lowest BCUT2D eigenvalue weighted by Gasteiger charge is -2.39. The van der Waals surface area contributed by atoms with E-state index >= 15 is 0 Å². The number of halogens is 1. The first kappa shape index (κ1) is 33.7. The second kappa shape index (κ2) is 14.3. The molecule has 2 aliphatic carbocycles. The SMILES string of the molecule is CCCCC[C@@H](CCC1=C2C(CC1=O)Cc1c(OCc3ccccc3)ccc(Br)c1C2OC(C)=O)O[Si](C)(C)C(C)(C)C. The van der Waals surface area contributed by atoms with Crippen LogP contribution in [0.15, 0.2) is 58.1 Å². The van der Waals surface area contributed by atoms with Crippen molar-refractivity contribution >= 4 is 36.0 Å². The van der Waals surface area contributed by atoms with E-state index in [2.05, 4.69) is 56.7 Å². The molecule has 2 aliphatic rings. The van der Waals surface area contributed by atoms with Gasteiger partial charge in [0.15, 0.2) is 20.2 Å². The molecular formula is C36H49BrO5Si. The number of unbranched alkanes of at least 4 members (excludes halogenated alkanes) is 2. The summed E-state index contributed by atoms with van der Waals surface area (Å²) in [6.07, 6.45) is 6.54. The molecule has 0 amide bonds. The number of esters is 1.